The van der Waals surface area contributed by atoms with Crippen LogP contribution in [0.2, 0.25) is 0 Å². The summed E-state index contributed by atoms with van der Waals surface area (Å²) in [5, 5.41) is 6.66. The molecule has 140 valence electrons. The van der Waals surface area contributed by atoms with Crippen molar-refractivity contribution in [1.29, 1.82) is 0 Å². The largest absolute Gasteiger partial charge is 0.377 e. The Bertz CT molecular complexity index is 552. The molecule has 0 fully saturated rings. The van der Waals surface area contributed by atoms with Crippen LogP contribution in [0.15, 0.2) is 45.8 Å². The number of aliphatic imine (C=N–C) groups is 1. The van der Waals surface area contributed by atoms with Crippen LogP contribution in [0.1, 0.15) is 19.3 Å². The molecule has 1 aliphatic rings. The molecule has 0 spiro atoms. The second-order valence-electron chi connectivity index (χ2n) is 5.52. The first-order chi connectivity index (χ1) is 11.8. The van der Waals surface area contributed by atoms with Gasteiger partial charge in [0.2, 0.25) is 0 Å². The molecule has 1 heterocycles. The summed E-state index contributed by atoms with van der Waals surface area (Å²) in [6.07, 6.45) is 5.26. The van der Waals surface area contributed by atoms with Crippen molar-refractivity contribution >= 4 is 41.7 Å². The van der Waals surface area contributed by atoms with E-state index < -0.39 is 0 Å². The summed E-state index contributed by atoms with van der Waals surface area (Å²) in [7, 11) is 1.79. The highest BCUT2D eigenvalue weighted by molar-refractivity contribution is 14.0. The monoisotopic (exact) mass is 479 g/mol. The van der Waals surface area contributed by atoms with E-state index in [2.05, 4.69) is 21.7 Å². The Labute approximate surface area is 171 Å². The van der Waals surface area contributed by atoms with Crippen molar-refractivity contribution in [2.24, 2.45) is 4.99 Å². The zero-order valence-electron chi connectivity index (χ0n) is 14.6. The number of guanidine groups is 1. The SMILES string of the molecule is CN=C(NCCCSc1ccc(F)cc1)NCCC1=CCOCC1.I. The summed E-state index contributed by atoms with van der Waals surface area (Å²) in [6, 6.07) is 6.64. The van der Waals surface area contributed by atoms with Crippen LogP contribution in [0.4, 0.5) is 4.39 Å². The molecule has 0 bridgehead atoms. The number of benzene rings is 1. The quantitative estimate of drug-likeness (QED) is 0.149. The average molecular weight is 479 g/mol. The van der Waals surface area contributed by atoms with Gasteiger partial charge in [-0.25, -0.2) is 4.39 Å². The molecule has 0 saturated heterocycles. The minimum absolute atomic E-state index is 0. The molecule has 0 unspecified atom stereocenters. The van der Waals surface area contributed by atoms with Gasteiger partial charge in [0, 0.05) is 25.0 Å². The van der Waals surface area contributed by atoms with Crippen LogP contribution < -0.4 is 10.6 Å². The van der Waals surface area contributed by atoms with E-state index in [9.17, 15) is 4.39 Å². The Hall–Kier alpha value is -0.800. The Morgan fingerprint density at radius 3 is 2.68 bits per heavy atom. The predicted octanol–water partition coefficient (Wildman–Crippen LogP) is 3.83. The van der Waals surface area contributed by atoms with Gasteiger partial charge in [-0.3, -0.25) is 4.99 Å². The topological polar surface area (TPSA) is 45.7 Å². The summed E-state index contributed by atoms with van der Waals surface area (Å²) >= 11 is 1.74. The first kappa shape index (κ1) is 22.2. The maximum absolute atomic E-state index is 12.8. The van der Waals surface area contributed by atoms with Crippen LogP contribution in [0.25, 0.3) is 0 Å². The number of hydrogen-bond donors (Lipinski definition) is 2. The summed E-state index contributed by atoms with van der Waals surface area (Å²) in [5.41, 5.74) is 1.46. The summed E-state index contributed by atoms with van der Waals surface area (Å²) in [4.78, 5) is 5.34. The van der Waals surface area contributed by atoms with Gasteiger partial charge in [0.05, 0.1) is 13.2 Å². The number of rotatable bonds is 8. The highest BCUT2D eigenvalue weighted by Gasteiger charge is 2.04. The van der Waals surface area contributed by atoms with E-state index in [1.807, 2.05) is 12.1 Å². The molecular weight excluding hydrogens is 452 g/mol. The number of nitrogens with zero attached hydrogens (tertiary/aromatic N) is 1. The van der Waals surface area contributed by atoms with Crippen molar-refractivity contribution < 1.29 is 9.13 Å². The number of halogens is 2. The van der Waals surface area contributed by atoms with Gasteiger partial charge in [0.25, 0.3) is 0 Å². The maximum atomic E-state index is 12.8. The second-order valence-corrected chi connectivity index (χ2v) is 6.69. The average Bonchev–Trinajstić information content (AvgIpc) is 2.62. The molecule has 2 rings (SSSR count). The van der Waals surface area contributed by atoms with Crippen LogP contribution in [0.5, 0.6) is 0 Å². The lowest BCUT2D eigenvalue weighted by Gasteiger charge is -2.15. The number of thioether (sulfide) groups is 1. The normalized spacial score (nSPS) is 14.5. The van der Waals surface area contributed by atoms with E-state index in [0.717, 1.165) is 62.2 Å². The molecule has 0 aromatic heterocycles. The van der Waals surface area contributed by atoms with Crippen LogP contribution in [-0.4, -0.2) is 45.1 Å². The summed E-state index contributed by atoms with van der Waals surface area (Å²) in [5.74, 6) is 1.64. The van der Waals surface area contributed by atoms with E-state index in [-0.39, 0.29) is 29.8 Å². The van der Waals surface area contributed by atoms with Gasteiger partial charge in [0.1, 0.15) is 5.82 Å². The van der Waals surface area contributed by atoms with E-state index in [1.54, 1.807) is 18.8 Å². The molecule has 0 atom stereocenters. The van der Waals surface area contributed by atoms with Gasteiger partial charge < -0.3 is 15.4 Å². The first-order valence-corrected chi connectivity index (χ1v) is 9.35. The Morgan fingerprint density at radius 1 is 1.24 bits per heavy atom. The van der Waals surface area contributed by atoms with Gasteiger partial charge in [-0.05, 0) is 49.3 Å². The first-order valence-electron chi connectivity index (χ1n) is 8.36. The molecular formula is C18H27FIN3OS. The van der Waals surface area contributed by atoms with Gasteiger partial charge in [-0.1, -0.05) is 11.6 Å². The number of ether oxygens (including phenoxy) is 1. The third-order valence-electron chi connectivity index (χ3n) is 3.72. The van der Waals surface area contributed by atoms with Crippen LogP contribution in [0.3, 0.4) is 0 Å². The maximum Gasteiger partial charge on any atom is 0.190 e. The second kappa shape index (κ2) is 13.4. The van der Waals surface area contributed by atoms with Crippen molar-refractivity contribution in [2.45, 2.75) is 24.2 Å². The lowest BCUT2D eigenvalue weighted by molar-refractivity contribution is 0.153. The van der Waals surface area contributed by atoms with Gasteiger partial charge in [-0.2, -0.15) is 0 Å². The van der Waals surface area contributed by atoms with Crippen molar-refractivity contribution in [2.75, 3.05) is 39.1 Å². The summed E-state index contributed by atoms with van der Waals surface area (Å²) < 4.78 is 18.1. The third kappa shape index (κ3) is 9.46. The smallest absolute Gasteiger partial charge is 0.190 e. The van der Waals surface area contributed by atoms with Crippen LogP contribution in [0, 0.1) is 5.82 Å². The van der Waals surface area contributed by atoms with Crippen molar-refractivity contribution in [3.8, 4) is 0 Å². The molecule has 0 saturated carbocycles. The molecule has 4 nitrogen and oxygen atoms in total. The van der Waals surface area contributed by atoms with Crippen LogP contribution >= 0.6 is 35.7 Å². The summed E-state index contributed by atoms with van der Waals surface area (Å²) in [6.45, 7) is 3.33. The Kier molecular flexibility index (Phi) is 11.9. The zero-order valence-corrected chi connectivity index (χ0v) is 17.7. The molecule has 0 radical (unpaired) electrons. The Balaban J connectivity index is 0.00000312. The molecule has 25 heavy (non-hydrogen) atoms. The lowest BCUT2D eigenvalue weighted by atomic mass is 10.1. The minimum atomic E-state index is -0.188. The van der Waals surface area contributed by atoms with Crippen molar-refractivity contribution in [1.82, 2.24) is 10.6 Å². The fourth-order valence-electron chi connectivity index (χ4n) is 2.35. The van der Waals surface area contributed by atoms with Crippen molar-refractivity contribution in [3.63, 3.8) is 0 Å². The molecule has 0 amide bonds. The molecule has 7 heteroatoms. The van der Waals surface area contributed by atoms with Gasteiger partial charge in [0.15, 0.2) is 5.96 Å². The molecule has 0 aliphatic carbocycles. The minimum Gasteiger partial charge on any atom is -0.377 e. The fraction of sp³-hybridized carbons (Fsp3) is 0.500. The number of nitrogens with one attached hydrogen (secondary N) is 2. The fourth-order valence-corrected chi connectivity index (χ4v) is 3.21. The van der Waals surface area contributed by atoms with E-state index >= 15 is 0 Å². The Morgan fingerprint density at radius 2 is 2.00 bits per heavy atom. The molecule has 1 aliphatic heterocycles. The molecule has 1 aromatic carbocycles. The van der Waals surface area contributed by atoms with Crippen LogP contribution in [-0.2, 0) is 4.74 Å². The highest BCUT2D eigenvalue weighted by atomic mass is 127. The standard InChI is InChI=1S/C18H26FN3OS.HI/c1-20-18(22-11-7-15-8-12-23-13-9-15)21-10-2-14-24-17-5-3-16(19)4-6-17;/h3-6,8H,2,7,9-14H2,1H3,(H2,20,21,22);1H. The highest BCUT2D eigenvalue weighted by Crippen LogP contribution is 2.18. The van der Waals surface area contributed by atoms with E-state index in [1.165, 1.54) is 17.7 Å². The molecule has 1 aromatic rings. The van der Waals surface area contributed by atoms with Crippen molar-refractivity contribution in [3.05, 3.63) is 41.7 Å². The van der Waals surface area contributed by atoms with E-state index in [4.69, 9.17) is 4.74 Å². The molecule has 2 N–H and O–H groups in total. The van der Waals surface area contributed by atoms with E-state index in [0.29, 0.717) is 0 Å². The third-order valence-corrected chi connectivity index (χ3v) is 4.81. The van der Waals surface area contributed by atoms with Gasteiger partial charge >= 0.3 is 0 Å². The number of hydrogen-bond acceptors (Lipinski definition) is 3. The predicted molar refractivity (Wildman–Crippen MR) is 115 cm³/mol. The lowest BCUT2D eigenvalue weighted by Crippen LogP contribution is -2.38. The van der Waals surface area contributed by atoms with Gasteiger partial charge in [-0.15, -0.1) is 35.7 Å². The zero-order chi connectivity index (χ0) is 17.0.